The summed E-state index contributed by atoms with van der Waals surface area (Å²) in [4.78, 5) is 22.7. The second-order valence-electron chi connectivity index (χ2n) is 6.52. The van der Waals surface area contributed by atoms with Crippen LogP contribution in [-0.2, 0) is 13.0 Å². The van der Waals surface area contributed by atoms with Crippen LogP contribution in [0, 0.1) is 12.7 Å². The number of anilines is 1. The van der Waals surface area contributed by atoms with Crippen molar-refractivity contribution in [1.29, 1.82) is 0 Å². The number of nitrogens with zero attached hydrogens (tertiary/aromatic N) is 2. The molecule has 1 amide bonds. The number of hydrogen-bond donors (Lipinski definition) is 2. The largest absolute Gasteiger partial charge is 0.467 e. The number of nitrogens with one attached hydrogen (secondary N) is 2. The van der Waals surface area contributed by atoms with Crippen LogP contribution in [0.3, 0.4) is 0 Å². The van der Waals surface area contributed by atoms with E-state index in [0.717, 1.165) is 27.1 Å². The summed E-state index contributed by atoms with van der Waals surface area (Å²) in [5.41, 5.74) is 1.81. The summed E-state index contributed by atoms with van der Waals surface area (Å²) in [6.07, 6.45) is 3.74. The zero-order valence-electron chi connectivity index (χ0n) is 15.7. The third kappa shape index (κ3) is 4.27. The van der Waals surface area contributed by atoms with Gasteiger partial charge in [-0.25, -0.2) is 14.4 Å². The molecule has 0 aliphatic carbocycles. The van der Waals surface area contributed by atoms with Crippen LogP contribution in [0.25, 0.3) is 10.2 Å². The Morgan fingerprint density at radius 2 is 2.03 bits per heavy atom. The standard InChI is InChI=1S/C21H19FN4O2S/c1-13-17-19(24-11-16-3-2-10-28-16)25-12-26-21(17)29-18(13)20(27)23-9-8-14-4-6-15(22)7-5-14/h2-7,10,12H,8-9,11H2,1H3,(H,23,27)(H,24,25,26). The number of carbonyl (C=O) groups excluding carboxylic acids is 1. The smallest absolute Gasteiger partial charge is 0.261 e. The van der Waals surface area contributed by atoms with Crippen LogP contribution in [0.5, 0.6) is 0 Å². The summed E-state index contributed by atoms with van der Waals surface area (Å²) in [5, 5.41) is 7.02. The van der Waals surface area contributed by atoms with Gasteiger partial charge < -0.3 is 15.1 Å². The molecule has 8 heteroatoms. The van der Waals surface area contributed by atoms with E-state index >= 15 is 0 Å². The second-order valence-corrected chi connectivity index (χ2v) is 7.52. The Balaban J connectivity index is 1.47. The van der Waals surface area contributed by atoms with Crippen LogP contribution in [0.2, 0.25) is 0 Å². The zero-order chi connectivity index (χ0) is 20.2. The van der Waals surface area contributed by atoms with E-state index in [0.29, 0.717) is 30.2 Å². The number of aromatic nitrogens is 2. The summed E-state index contributed by atoms with van der Waals surface area (Å²) >= 11 is 1.34. The highest BCUT2D eigenvalue weighted by molar-refractivity contribution is 7.20. The van der Waals surface area contributed by atoms with Gasteiger partial charge in [0.25, 0.3) is 5.91 Å². The van der Waals surface area contributed by atoms with Crippen molar-refractivity contribution < 1.29 is 13.6 Å². The predicted molar refractivity (Wildman–Crippen MR) is 111 cm³/mol. The molecule has 148 valence electrons. The third-order valence-electron chi connectivity index (χ3n) is 4.56. The molecule has 29 heavy (non-hydrogen) atoms. The molecule has 0 atom stereocenters. The van der Waals surface area contributed by atoms with Crippen LogP contribution in [0.15, 0.2) is 53.4 Å². The Morgan fingerprint density at radius 3 is 2.79 bits per heavy atom. The normalized spacial score (nSPS) is 11.0. The Kier molecular flexibility index (Phi) is 5.53. The Bertz CT molecular complexity index is 1120. The van der Waals surface area contributed by atoms with Gasteiger partial charge in [-0.1, -0.05) is 12.1 Å². The number of carbonyl (C=O) groups is 1. The van der Waals surface area contributed by atoms with Gasteiger partial charge in [0.15, 0.2) is 0 Å². The molecule has 0 spiro atoms. The Labute approximate surface area is 170 Å². The monoisotopic (exact) mass is 410 g/mol. The lowest BCUT2D eigenvalue weighted by atomic mass is 10.1. The SMILES string of the molecule is Cc1c(C(=O)NCCc2ccc(F)cc2)sc2ncnc(NCc3ccco3)c12. The summed E-state index contributed by atoms with van der Waals surface area (Å²) in [6.45, 7) is 2.86. The molecule has 0 radical (unpaired) electrons. The fourth-order valence-electron chi connectivity index (χ4n) is 3.06. The molecule has 6 nitrogen and oxygen atoms in total. The molecule has 0 aliphatic rings. The van der Waals surface area contributed by atoms with Gasteiger partial charge in [0.1, 0.15) is 28.6 Å². The molecule has 3 heterocycles. The van der Waals surface area contributed by atoms with E-state index in [1.807, 2.05) is 19.1 Å². The number of amides is 1. The molecule has 0 saturated carbocycles. The van der Waals surface area contributed by atoms with Crippen LogP contribution in [0.1, 0.15) is 26.6 Å². The van der Waals surface area contributed by atoms with Crippen LogP contribution < -0.4 is 10.6 Å². The number of aryl methyl sites for hydroxylation is 1. The average molecular weight is 410 g/mol. The van der Waals surface area contributed by atoms with E-state index < -0.39 is 0 Å². The molecule has 0 unspecified atom stereocenters. The van der Waals surface area contributed by atoms with Crippen molar-refractivity contribution in [1.82, 2.24) is 15.3 Å². The summed E-state index contributed by atoms with van der Waals surface area (Å²) in [6, 6.07) is 9.99. The maximum atomic E-state index is 13.0. The van der Waals surface area contributed by atoms with Crippen LogP contribution >= 0.6 is 11.3 Å². The van der Waals surface area contributed by atoms with Crippen molar-refractivity contribution in [3.63, 3.8) is 0 Å². The van der Waals surface area contributed by atoms with E-state index in [-0.39, 0.29) is 11.7 Å². The van der Waals surface area contributed by atoms with E-state index in [4.69, 9.17) is 4.42 Å². The molecule has 0 fully saturated rings. The zero-order valence-corrected chi connectivity index (χ0v) is 16.6. The van der Waals surface area contributed by atoms with Gasteiger partial charge in [-0.2, -0.15) is 0 Å². The molecule has 0 aliphatic heterocycles. The molecule has 4 rings (SSSR count). The molecule has 0 saturated heterocycles. The molecule has 1 aromatic carbocycles. The van der Waals surface area contributed by atoms with E-state index in [1.54, 1.807) is 18.4 Å². The molecule has 4 aromatic rings. The number of rotatable bonds is 7. The average Bonchev–Trinajstić information content (AvgIpc) is 3.36. The number of halogens is 1. The number of benzene rings is 1. The maximum absolute atomic E-state index is 13.0. The number of fused-ring (bicyclic) bond motifs is 1. The van der Waals surface area contributed by atoms with Gasteiger partial charge in [0.05, 0.1) is 23.1 Å². The fourth-order valence-corrected chi connectivity index (χ4v) is 4.12. The topological polar surface area (TPSA) is 80.0 Å². The summed E-state index contributed by atoms with van der Waals surface area (Å²) < 4.78 is 18.3. The quantitative estimate of drug-likeness (QED) is 0.474. The first kappa shape index (κ1) is 19.1. The minimum atomic E-state index is -0.267. The molecule has 2 N–H and O–H groups in total. The predicted octanol–water partition coefficient (Wildman–Crippen LogP) is 4.32. The first-order chi connectivity index (χ1) is 14.1. The minimum Gasteiger partial charge on any atom is -0.467 e. The van der Waals surface area contributed by atoms with Crippen molar-refractivity contribution in [3.8, 4) is 0 Å². The number of thiophene rings is 1. The highest BCUT2D eigenvalue weighted by atomic mass is 32.1. The number of hydrogen-bond acceptors (Lipinski definition) is 6. The minimum absolute atomic E-state index is 0.149. The summed E-state index contributed by atoms with van der Waals surface area (Å²) in [5.74, 6) is 1.05. The van der Waals surface area contributed by atoms with Crippen molar-refractivity contribution >= 4 is 33.3 Å². The second kappa shape index (κ2) is 8.40. The first-order valence-corrected chi connectivity index (χ1v) is 9.96. The lowest BCUT2D eigenvalue weighted by molar-refractivity contribution is 0.0957. The lowest BCUT2D eigenvalue weighted by Crippen LogP contribution is -2.25. The van der Waals surface area contributed by atoms with Gasteiger partial charge in [-0.3, -0.25) is 4.79 Å². The van der Waals surface area contributed by atoms with Gasteiger partial charge in [-0.05, 0) is 48.7 Å². The molecule has 3 aromatic heterocycles. The van der Waals surface area contributed by atoms with Crippen molar-refractivity contribution in [3.05, 3.63) is 76.6 Å². The highest BCUT2D eigenvalue weighted by Crippen LogP contribution is 2.33. The third-order valence-corrected chi connectivity index (χ3v) is 5.75. The summed E-state index contributed by atoms with van der Waals surface area (Å²) in [7, 11) is 0. The van der Waals surface area contributed by atoms with Gasteiger partial charge in [-0.15, -0.1) is 11.3 Å². The molecular weight excluding hydrogens is 391 g/mol. The number of furan rings is 1. The Morgan fingerprint density at radius 1 is 1.21 bits per heavy atom. The van der Waals surface area contributed by atoms with Gasteiger partial charge in [0, 0.05) is 6.54 Å². The van der Waals surface area contributed by atoms with E-state index in [2.05, 4.69) is 20.6 Å². The van der Waals surface area contributed by atoms with Gasteiger partial charge in [0.2, 0.25) is 0 Å². The molecular formula is C21H19FN4O2S. The molecule has 0 bridgehead atoms. The maximum Gasteiger partial charge on any atom is 0.261 e. The van der Waals surface area contributed by atoms with E-state index in [9.17, 15) is 9.18 Å². The van der Waals surface area contributed by atoms with Crippen LogP contribution in [-0.4, -0.2) is 22.4 Å². The van der Waals surface area contributed by atoms with Crippen molar-refractivity contribution in [2.45, 2.75) is 19.9 Å². The van der Waals surface area contributed by atoms with Crippen molar-refractivity contribution in [2.24, 2.45) is 0 Å². The highest BCUT2D eigenvalue weighted by Gasteiger charge is 2.19. The van der Waals surface area contributed by atoms with Crippen LogP contribution in [0.4, 0.5) is 10.2 Å². The van der Waals surface area contributed by atoms with Crippen molar-refractivity contribution in [2.75, 3.05) is 11.9 Å². The Hall–Kier alpha value is -3.26. The fraction of sp³-hybridized carbons (Fsp3) is 0.190. The lowest BCUT2D eigenvalue weighted by Gasteiger charge is -2.06. The van der Waals surface area contributed by atoms with Gasteiger partial charge >= 0.3 is 0 Å². The van der Waals surface area contributed by atoms with E-state index in [1.165, 1.54) is 29.8 Å². The first-order valence-electron chi connectivity index (χ1n) is 9.15.